The second-order valence-electron chi connectivity index (χ2n) is 3.85. The molecule has 0 fully saturated rings. The Labute approximate surface area is 105 Å². The van der Waals surface area contributed by atoms with Crippen molar-refractivity contribution >= 4 is 15.9 Å². The zero-order chi connectivity index (χ0) is 12.6. The van der Waals surface area contributed by atoms with Crippen LogP contribution < -0.4 is 10.1 Å². The summed E-state index contributed by atoms with van der Waals surface area (Å²) in [4.78, 5) is 0. The number of ether oxygens (including phenoxy) is 1. The Morgan fingerprint density at radius 1 is 1.41 bits per heavy atom. The van der Waals surface area contributed by atoms with Gasteiger partial charge in [0.25, 0.3) is 0 Å². The van der Waals surface area contributed by atoms with Crippen LogP contribution in [0.25, 0.3) is 0 Å². The van der Waals surface area contributed by atoms with E-state index in [1.807, 2.05) is 0 Å². The molecule has 1 aromatic carbocycles. The molecule has 0 aliphatic carbocycles. The molecule has 6 heteroatoms. The minimum absolute atomic E-state index is 0.141. The molecule has 1 atom stereocenters. The first-order valence-electron chi connectivity index (χ1n) is 5.12. The maximum absolute atomic E-state index is 12.9. The first-order chi connectivity index (χ1) is 7.93. The van der Waals surface area contributed by atoms with Crippen molar-refractivity contribution in [3.05, 3.63) is 27.7 Å². The number of hydrogen-bond acceptors (Lipinski definition) is 2. The Kier molecular flexibility index (Phi) is 3.36. The van der Waals surface area contributed by atoms with E-state index < -0.39 is 12.2 Å². The van der Waals surface area contributed by atoms with Gasteiger partial charge in [0.15, 0.2) is 0 Å². The topological polar surface area (TPSA) is 21.3 Å². The first kappa shape index (κ1) is 12.7. The lowest BCUT2D eigenvalue weighted by atomic mass is 10.0. The normalized spacial score (nSPS) is 16.5. The van der Waals surface area contributed by atoms with Crippen LogP contribution in [0.15, 0.2) is 16.6 Å². The summed E-state index contributed by atoms with van der Waals surface area (Å²) >= 11 is 3.23. The summed E-state index contributed by atoms with van der Waals surface area (Å²) in [5.41, 5.74) is 0.959. The molecule has 0 bridgehead atoms. The second kappa shape index (κ2) is 4.49. The van der Waals surface area contributed by atoms with Crippen LogP contribution in [-0.2, 0) is 6.42 Å². The van der Waals surface area contributed by atoms with Gasteiger partial charge in [-0.2, -0.15) is 13.2 Å². The third-order valence-corrected chi connectivity index (χ3v) is 3.16. The highest BCUT2D eigenvalue weighted by molar-refractivity contribution is 9.10. The van der Waals surface area contributed by atoms with Crippen molar-refractivity contribution in [3.8, 4) is 5.75 Å². The van der Waals surface area contributed by atoms with Gasteiger partial charge in [0.2, 0.25) is 0 Å². The first-order valence-corrected chi connectivity index (χ1v) is 5.92. The van der Waals surface area contributed by atoms with Crippen LogP contribution in [0.2, 0.25) is 0 Å². The van der Waals surface area contributed by atoms with E-state index >= 15 is 0 Å². The zero-order valence-corrected chi connectivity index (χ0v) is 10.7. The number of fused-ring (bicyclic) bond motifs is 1. The largest absolute Gasteiger partial charge is 0.493 e. The average molecular weight is 310 g/mol. The molecule has 1 unspecified atom stereocenters. The van der Waals surface area contributed by atoms with Crippen LogP contribution in [-0.4, -0.2) is 19.8 Å². The van der Waals surface area contributed by atoms with Crippen molar-refractivity contribution in [2.24, 2.45) is 0 Å². The van der Waals surface area contributed by atoms with Crippen molar-refractivity contribution in [1.82, 2.24) is 5.32 Å². The van der Waals surface area contributed by atoms with Crippen LogP contribution in [0.1, 0.15) is 17.2 Å². The summed E-state index contributed by atoms with van der Waals surface area (Å²) in [5, 5.41) is 2.29. The molecule has 2 rings (SSSR count). The third-order valence-electron chi connectivity index (χ3n) is 2.70. The monoisotopic (exact) mass is 309 g/mol. The van der Waals surface area contributed by atoms with Gasteiger partial charge in [-0.05, 0) is 24.7 Å². The summed E-state index contributed by atoms with van der Waals surface area (Å²) in [6.45, 7) is 0.438. The van der Waals surface area contributed by atoms with E-state index in [2.05, 4.69) is 21.2 Å². The molecule has 1 heterocycles. The van der Waals surface area contributed by atoms with Crippen molar-refractivity contribution in [1.29, 1.82) is 0 Å². The van der Waals surface area contributed by atoms with E-state index in [4.69, 9.17) is 4.74 Å². The summed E-state index contributed by atoms with van der Waals surface area (Å²) in [6.07, 6.45) is -3.69. The number of hydrogen-bond donors (Lipinski definition) is 1. The molecule has 0 amide bonds. The van der Waals surface area contributed by atoms with Gasteiger partial charge in [-0.1, -0.05) is 15.9 Å². The molecule has 1 aromatic rings. The lowest BCUT2D eigenvalue weighted by Gasteiger charge is -2.22. The molecular formula is C11H11BrF3NO. The van der Waals surface area contributed by atoms with Crippen LogP contribution in [0, 0.1) is 0 Å². The Bertz CT molecular complexity index is 433. The third kappa shape index (κ3) is 2.42. The molecular weight excluding hydrogens is 299 g/mol. The molecule has 0 spiro atoms. The van der Waals surface area contributed by atoms with E-state index in [9.17, 15) is 13.2 Å². The lowest BCUT2D eigenvalue weighted by Crippen LogP contribution is -2.32. The van der Waals surface area contributed by atoms with E-state index in [-0.39, 0.29) is 5.56 Å². The average Bonchev–Trinajstić information content (AvgIpc) is 2.63. The summed E-state index contributed by atoms with van der Waals surface area (Å²) in [5.74, 6) is 0.366. The molecule has 1 aliphatic heterocycles. The van der Waals surface area contributed by atoms with Crippen molar-refractivity contribution in [3.63, 3.8) is 0 Å². The van der Waals surface area contributed by atoms with Gasteiger partial charge in [0.05, 0.1) is 6.61 Å². The van der Waals surface area contributed by atoms with Crippen molar-refractivity contribution < 1.29 is 17.9 Å². The molecule has 2 nitrogen and oxygen atoms in total. The van der Waals surface area contributed by atoms with Crippen molar-refractivity contribution in [2.75, 3.05) is 13.7 Å². The van der Waals surface area contributed by atoms with Crippen LogP contribution in [0.3, 0.4) is 0 Å². The fourth-order valence-electron chi connectivity index (χ4n) is 2.01. The fraction of sp³-hybridized carbons (Fsp3) is 0.455. The summed E-state index contributed by atoms with van der Waals surface area (Å²) in [6, 6.07) is 1.56. The van der Waals surface area contributed by atoms with Crippen LogP contribution in [0.4, 0.5) is 13.2 Å². The van der Waals surface area contributed by atoms with Crippen LogP contribution in [0.5, 0.6) is 5.75 Å². The molecule has 0 saturated carbocycles. The highest BCUT2D eigenvalue weighted by Gasteiger charge is 2.42. The van der Waals surface area contributed by atoms with E-state index in [0.29, 0.717) is 23.2 Å². The SMILES string of the molecule is CNC(c1cc(Br)cc2c1OCC2)C(F)(F)F. The molecule has 1 aliphatic rings. The highest BCUT2D eigenvalue weighted by Crippen LogP contribution is 2.42. The standard InChI is InChI=1S/C11H11BrF3NO/c1-16-10(11(13,14)15)8-5-7(12)4-6-2-3-17-9(6)8/h4-5,10,16H,2-3H2,1H3. The van der Waals surface area contributed by atoms with Gasteiger partial charge < -0.3 is 10.1 Å². The van der Waals surface area contributed by atoms with E-state index in [0.717, 1.165) is 5.56 Å². The Balaban J connectivity index is 2.51. The van der Waals surface area contributed by atoms with Crippen LogP contribution >= 0.6 is 15.9 Å². The molecule has 0 saturated heterocycles. The summed E-state index contributed by atoms with van der Waals surface area (Å²) < 4.78 is 44.6. The Morgan fingerprint density at radius 2 is 2.12 bits per heavy atom. The predicted molar refractivity (Wildman–Crippen MR) is 61.2 cm³/mol. The maximum atomic E-state index is 12.9. The fourth-order valence-corrected chi connectivity index (χ4v) is 2.53. The molecule has 94 valence electrons. The maximum Gasteiger partial charge on any atom is 0.408 e. The van der Waals surface area contributed by atoms with Gasteiger partial charge in [0, 0.05) is 16.5 Å². The molecule has 0 aromatic heterocycles. The number of halogens is 4. The number of benzene rings is 1. The van der Waals surface area contributed by atoms with E-state index in [1.165, 1.54) is 13.1 Å². The number of rotatable bonds is 2. The van der Waals surface area contributed by atoms with Gasteiger partial charge in [-0.3, -0.25) is 0 Å². The van der Waals surface area contributed by atoms with Gasteiger partial charge in [-0.25, -0.2) is 0 Å². The summed E-state index contributed by atoms with van der Waals surface area (Å²) in [7, 11) is 1.29. The highest BCUT2D eigenvalue weighted by atomic mass is 79.9. The smallest absolute Gasteiger partial charge is 0.408 e. The minimum Gasteiger partial charge on any atom is -0.493 e. The molecule has 0 radical (unpaired) electrons. The number of alkyl halides is 3. The van der Waals surface area contributed by atoms with Gasteiger partial charge in [0.1, 0.15) is 11.8 Å². The quantitative estimate of drug-likeness (QED) is 0.906. The second-order valence-corrected chi connectivity index (χ2v) is 4.76. The van der Waals surface area contributed by atoms with Gasteiger partial charge in [-0.15, -0.1) is 0 Å². The Hall–Kier alpha value is -0.750. The number of nitrogens with one attached hydrogen (secondary N) is 1. The molecule has 1 N–H and O–H groups in total. The van der Waals surface area contributed by atoms with Gasteiger partial charge >= 0.3 is 6.18 Å². The minimum atomic E-state index is -4.34. The Morgan fingerprint density at radius 3 is 2.71 bits per heavy atom. The molecule has 17 heavy (non-hydrogen) atoms. The predicted octanol–water partition coefficient (Wildman–Crippen LogP) is 3.21. The van der Waals surface area contributed by atoms with E-state index in [1.54, 1.807) is 6.07 Å². The van der Waals surface area contributed by atoms with Crippen molar-refractivity contribution in [2.45, 2.75) is 18.6 Å². The lowest BCUT2D eigenvalue weighted by molar-refractivity contribution is -0.156. The zero-order valence-electron chi connectivity index (χ0n) is 9.07.